The number of hydrogen-bond donors (Lipinski definition) is 0. The predicted octanol–water partition coefficient (Wildman–Crippen LogP) is 5.61. The highest BCUT2D eigenvalue weighted by atomic mass is 19.1. The highest BCUT2D eigenvalue weighted by Crippen LogP contribution is 2.30. The van der Waals surface area contributed by atoms with Crippen LogP contribution in [0.25, 0.3) is 16.9 Å². The average Bonchev–Trinajstić information content (AvgIpc) is 3.23. The van der Waals surface area contributed by atoms with Crippen LogP contribution in [-0.4, -0.2) is 33.7 Å². The van der Waals surface area contributed by atoms with E-state index >= 15 is 4.39 Å². The molecule has 2 aromatic carbocycles. The third-order valence-electron chi connectivity index (χ3n) is 6.00. The molecule has 7 heteroatoms. The molecule has 1 aromatic heterocycles. The molecule has 1 amide bonds. The first-order chi connectivity index (χ1) is 15.7. The summed E-state index contributed by atoms with van der Waals surface area (Å²) in [6, 6.07) is 12.4. The summed E-state index contributed by atoms with van der Waals surface area (Å²) >= 11 is 0. The standard InChI is InChI=1S/C26H26F2N4O/c1-26(2,3)19-9-10-23(21(28)14-19)32-24(17-7-8-18(16-29)20(27)13-17)15-22(30-32)25(33)31-11-5-4-6-12-31/h7-10,13-15H,4-6,11-12H2,1-3H3. The van der Waals surface area contributed by atoms with E-state index in [4.69, 9.17) is 5.26 Å². The summed E-state index contributed by atoms with van der Waals surface area (Å²) in [5, 5.41) is 13.5. The van der Waals surface area contributed by atoms with E-state index in [1.165, 1.54) is 22.9 Å². The Morgan fingerprint density at radius 1 is 1.00 bits per heavy atom. The van der Waals surface area contributed by atoms with Crippen molar-refractivity contribution in [1.29, 1.82) is 5.26 Å². The molecular formula is C26H26F2N4O. The van der Waals surface area contributed by atoms with Crippen molar-refractivity contribution >= 4 is 5.91 Å². The minimum absolute atomic E-state index is 0.0878. The molecular weight excluding hydrogens is 422 g/mol. The second-order valence-corrected chi connectivity index (χ2v) is 9.40. The van der Waals surface area contributed by atoms with E-state index in [2.05, 4.69) is 5.10 Å². The lowest BCUT2D eigenvalue weighted by Crippen LogP contribution is -2.35. The molecule has 0 unspecified atom stereocenters. The van der Waals surface area contributed by atoms with Gasteiger partial charge in [-0.15, -0.1) is 0 Å². The number of aromatic nitrogens is 2. The Labute approximate surface area is 192 Å². The number of carbonyl (C=O) groups excluding carboxylic acids is 1. The van der Waals surface area contributed by atoms with Crippen molar-refractivity contribution in [3.05, 3.63) is 70.9 Å². The normalized spacial score (nSPS) is 14.2. The first kappa shape index (κ1) is 22.7. The van der Waals surface area contributed by atoms with Gasteiger partial charge in [0.05, 0.1) is 11.3 Å². The monoisotopic (exact) mass is 448 g/mol. The van der Waals surface area contributed by atoms with Crippen molar-refractivity contribution in [2.75, 3.05) is 13.1 Å². The van der Waals surface area contributed by atoms with Crippen LogP contribution in [0.3, 0.4) is 0 Å². The van der Waals surface area contributed by atoms with Crippen LogP contribution in [0.15, 0.2) is 42.5 Å². The molecule has 0 bridgehead atoms. The van der Waals surface area contributed by atoms with Crippen molar-refractivity contribution in [3.8, 4) is 23.0 Å². The Kier molecular flexibility index (Phi) is 6.03. The summed E-state index contributed by atoms with van der Waals surface area (Å²) in [7, 11) is 0. The quantitative estimate of drug-likeness (QED) is 0.523. The van der Waals surface area contributed by atoms with Crippen molar-refractivity contribution < 1.29 is 13.6 Å². The number of halogens is 2. The molecule has 1 fully saturated rings. The summed E-state index contributed by atoms with van der Waals surface area (Å²) < 4.78 is 31.0. The van der Waals surface area contributed by atoms with E-state index in [0.717, 1.165) is 24.8 Å². The van der Waals surface area contributed by atoms with Crippen molar-refractivity contribution in [3.63, 3.8) is 0 Å². The lowest BCUT2D eigenvalue weighted by Gasteiger charge is -2.25. The molecule has 0 saturated carbocycles. The Morgan fingerprint density at radius 3 is 2.33 bits per heavy atom. The second kappa shape index (κ2) is 8.78. The molecule has 1 saturated heterocycles. The summed E-state index contributed by atoms with van der Waals surface area (Å²) in [5.74, 6) is -1.40. The minimum atomic E-state index is -0.685. The zero-order valence-corrected chi connectivity index (χ0v) is 19.0. The number of nitrogens with zero attached hydrogens (tertiary/aromatic N) is 4. The molecule has 0 aliphatic carbocycles. The zero-order valence-electron chi connectivity index (χ0n) is 19.0. The van der Waals surface area contributed by atoms with E-state index in [1.807, 2.05) is 26.8 Å². The molecule has 3 aromatic rings. The van der Waals surface area contributed by atoms with Gasteiger partial charge in [-0.05, 0) is 60.6 Å². The maximum atomic E-state index is 15.3. The molecule has 0 N–H and O–H groups in total. The van der Waals surface area contributed by atoms with Gasteiger partial charge in [-0.3, -0.25) is 4.79 Å². The molecule has 5 nitrogen and oxygen atoms in total. The number of benzene rings is 2. The summed E-state index contributed by atoms with van der Waals surface area (Å²) in [5.41, 5.74) is 1.62. The van der Waals surface area contributed by atoms with Gasteiger partial charge < -0.3 is 4.90 Å². The van der Waals surface area contributed by atoms with Crippen LogP contribution in [0.5, 0.6) is 0 Å². The van der Waals surface area contributed by atoms with Crippen molar-refractivity contribution in [2.45, 2.75) is 45.4 Å². The van der Waals surface area contributed by atoms with Crippen LogP contribution < -0.4 is 0 Å². The third-order valence-corrected chi connectivity index (χ3v) is 6.00. The molecule has 33 heavy (non-hydrogen) atoms. The molecule has 2 heterocycles. The van der Waals surface area contributed by atoms with Crippen LogP contribution in [0.4, 0.5) is 8.78 Å². The molecule has 170 valence electrons. The van der Waals surface area contributed by atoms with Gasteiger partial charge in [-0.2, -0.15) is 10.4 Å². The molecule has 0 spiro atoms. The predicted molar refractivity (Wildman–Crippen MR) is 122 cm³/mol. The first-order valence-corrected chi connectivity index (χ1v) is 11.1. The molecule has 4 rings (SSSR count). The Morgan fingerprint density at radius 2 is 1.73 bits per heavy atom. The van der Waals surface area contributed by atoms with Gasteiger partial charge in [0, 0.05) is 18.7 Å². The minimum Gasteiger partial charge on any atom is -0.337 e. The number of likely N-dealkylation sites (tertiary alicyclic amines) is 1. The van der Waals surface area contributed by atoms with E-state index in [-0.39, 0.29) is 28.3 Å². The van der Waals surface area contributed by atoms with Gasteiger partial charge in [0.1, 0.15) is 23.4 Å². The van der Waals surface area contributed by atoms with Gasteiger partial charge in [-0.25, -0.2) is 13.5 Å². The maximum absolute atomic E-state index is 15.3. The van der Waals surface area contributed by atoms with Crippen LogP contribution >= 0.6 is 0 Å². The van der Waals surface area contributed by atoms with Crippen LogP contribution in [0.1, 0.15) is 61.6 Å². The first-order valence-electron chi connectivity index (χ1n) is 11.1. The smallest absolute Gasteiger partial charge is 0.274 e. The fraction of sp³-hybridized carbons (Fsp3) is 0.346. The lowest BCUT2D eigenvalue weighted by molar-refractivity contribution is 0.0718. The van der Waals surface area contributed by atoms with E-state index in [1.54, 1.807) is 29.2 Å². The molecule has 1 aliphatic heterocycles. The number of hydrogen-bond acceptors (Lipinski definition) is 3. The van der Waals surface area contributed by atoms with Crippen LogP contribution in [0.2, 0.25) is 0 Å². The summed E-state index contributed by atoms with van der Waals surface area (Å²) in [4.78, 5) is 14.9. The number of nitriles is 1. The van der Waals surface area contributed by atoms with Gasteiger partial charge >= 0.3 is 0 Å². The molecule has 0 radical (unpaired) electrons. The fourth-order valence-electron chi connectivity index (χ4n) is 4.04. The maximum Gasteiger partial charge on any atom is 0.274 e. The molecule has 0 atom stereocenters. The van der Waals surface area contributed by atoms with E-state index in [9.17, 15) is 9.18 Å². The third kappa shape index (κ3) is 4.51. The highest BCUT2D eigenvalue weighted by Gasteiger charge is 2.25. The van der Waals surface area contributed by atoms with Gasteiger partial charge in [0.15, 0.2) is 5.69 Å². The van der Waals surface area contributed by atoms with Gasteiger partial charge in [0.2, 0.25) is 0 Å². The fourth-order valence-corrected chi connectivity index (χ4v) is 4.04. The highest BCUT2D eigenvalue weighted by molar-refractivity contribution is 5.93. The van der Waals surface area contributed by atoms with E-state index in [0.29, 0.717) is 24.3 Å². The largest absolute Gasteiger partial charge is 0.337 e. The van der Waals surface area contributed by atoms with Gasteiger partial charge in [0.25, 0.3) is 5.91 Å². The Balaban J connectivity index is 1.84. The topological polar surface area (TPSA) is 61.9 Å². The number of carbonyl (C=O) groups is 1. The zero-order chi connectivity index (χ0) is 23.8. The van der Waals surface area contributed by atoms with Crippen LogP contribution in [0, 0.1) is 23.0 Å². The van der Waals surface area contributed by atoms with Crippen molar-refractivity contribution in [1.82, 2.24) is 14.7 Å². The Bertz CT molecular complexity index is 1240. The SMILES string of the molecule is CC(C)(C)c1ccc(-n2nc(C(=O)N3CCCCC3)cc2-c2ccc(C#N)c(F)c2)c(F)c1. The molecule has 1 aliphatic rings. The number of piperidine rings is 1. The second-order valence-electron chi connectivity index (χ2n) is 9.40. The van der Waals surface area contributed by atoms with E-state index < -0.39 is 11.6 Å². The lowest BCUT2D eigenvalue weighted by atomic mass is 9.87. The summed E-state index contributed by atoms with van der Waals surface area (Å²) in [6.07, 6.45) is 2.95. The number of rotatable bonds is 3. The van der Waals surface area contributed by atoms with Gasteiger partial charge in [-0.1, -0.05) is 32.9 Å². The van der Waals surface area contributed by atoms with Crippen molar-refractivity contribution in [2.24, 2.45) is 0 Å². The average molecular weight is 449 g/mol. The number of amides is 1. The van der Waals surface area contributed by atoms with Crippen LogP contribution in [-0.2, 0) is 5.41 Å². The Hall–Kier alpha value is -3.53. The summed E-state index contributed by atoms with van der Waals surface area (Å²) in [6.45, 7) is 7.30.